The van der Waals surface area contributed by atoms with Crippen LogP contribution in [0.25, 0.3) is 0 Å². The Hall–Kier alpha value is -0.780. The zero-order valence-electron chi connectivity index (χ0n) is 12.2. The molecule has 0 radical (unpaired) electrons. The maximum absolute atomic E-state index is 11.7. The molecule has 1 atom stereocenters. The molecule has 0 amide bonds. The first-order valence-corrected chi connectivity index (χ1v) is 9.63. The molecule has 1 aromatic rings. The maximum Gasteiger partial charge on any atom is 0.154 e. The molecular weight excluding hydrogens is 308 g/mol. The van der Waals surface area contributed by atoms with Gasteiger partial charge in [-0.3, -0.25) is 0 Å². The summed E-state index contributed by atoms with van der Waals surface area (Å²) in [4.78, 5) is 2.13. The van der Waals surface area contributed by atoms with Gasteiger partial charge in [0, 0.05) is 35.9 Å². The molecule has 21 heavy (non-hydrogen) atoms. The number of nitrogens with one attached hydrogen (secondary N) is 1. The number of anilines is 1. The Morgan fingerprint density at radius 1 is 1.38 bits per heavy atom. The summed E-state index contributed by atoms with van der Waals surface area (Å²) in [6, 6.07) is 6.70. The van der Waals surface area contributed by atoms with Gasteiger partial charge >= 0.3 is 0 Å². The Morgan fingerprint density at radius 2 is 2.14 bits per heavy atom. The Kier molecular flexibility index (Phi) is 4.17. The molecule has 1 N–H and O–H groups in total. The molecule has 0 bridgehead atoms. The van der Waals surface area contributed by atoms with Crippen LogP contribution in [0.2, 0.25) is 5.02 Å². The van der Waals surface area contributed by atoms with E-state index in [9.17, 15) is 8.42 Å². The standard InChI is InChI=1S/C15H21ClN2O2S/c1-11-10-21(19,20)7-6-18(11)14-5-2-12(15(16)8-14)9-17-13-3-4-13/h2,5,8,11,13,17H,3-4,6-7,9-10H2,1H3. The minimum absolute atomic E-state index is 0.00439. The highest BCUT2D eigenvalue weighted by atomic mass is 35.5. The lowest BCUT2D eigenvalue weighted by molar-refractivity contribution is 0.568. The Bertz CT molecular complexity index is 629. The van der Waals surface area contributed by atoms with Gasteiger partial charge in [-0.25, -0.2) is 8.42 Å². The highest BCUT2D eigenvalue weighted by Gasteiger charge is 2.28. The third kappa shape index (κ3) is 3.71. The molecule has 1 unspecified atom stereocenters. The molecule has 2 aliphatic rings. The third-order valence-electron chi connectivity index (χ3n) is 4.20. The van der Waals surface area contributed by atoms with Gasteiger partial charge in [0.1, 0.15) is 0 Å². The minimum atomic E-state index is -2.89. The quantitative estimate of drug-likeness (QED) is 0.920. The number of sulfone groups is 1. The van der Waals surface area contributed by atoms with Gasteiger partial charge in [0.2, 0.25) is 0 Å². The second kappa shape index (κ2) is 5.78. The van der Waals surface area contributed by atoms with Gasteiger partial charge in [-0.2, -0.15) is 0 Å². The molecule has 4 nitrogen and oxygen atoms in total. The average Bonchev–Trinajstić information content (AvgIpc) is 3.20. The lowest BCUT2D eigenvalue weighted by atomic mass is 10.1. The summed E-state index contributed by atoms with van der Waals surface area (Å²) in [5.74, 6) is 0.440. The van der Waals surface area contributed by atoms with Gasteiger partial charge in [0.05, 0.1) is 11.5 Å². The van der Waals surface area contributed by atoms with Crippen molar-refractivity contribution in [2.75, 3.05) is 23.0 Å². The summed E-state index contributed by atoms with van der Waals surface area (Å²) in [6.07, 6.45) is 2.52. The molecular formula is C15H21ClN2O2S. The summed E-state index contributed by atoms with van der Waals surface area (Å²) < 4.78 is 23.3. The molecule has 1 heterocycles. The van der Waals surface area contributed by atoms with Crippen molar-refractivity contribution in [1.82, 2.24) is 5.32 Å². The van der Waals surface area contributed by atoms with Crippen molar-refractivity contribution in [3.05, 3.63) is 28.8 Å². The monoisotopic (exact) mass is 328 g/mol. The van der Waals surface area contributed by atoms with Gasteiger partial charge in [-0.15, -0.1) is 0 Å². The molecule has 1 saturated carbocycles. The maximum atomic E-state index is 11.7. The van der Waals surface area contributed by atoms with E-state index in [0.29, 0.717) is 12.6 Å². The van der Waals surface area contributed by atoms with Gasteiger partial charge in [0.15, 0.2) is 9.84 Å². The van der Waals surface area contributed by atoms with Crippen LogP contribution >= 0.6 is 11.6 Å². The van der Waals surface area contributed by atoms with Crippen LogP contribution in [0, 0.1) is 0 Å². The number of rotatable bonds is 4. The van der Waals surface area contributed by atoms with Crippen LogP contribution in [-0.4, -0.2) is 38.6 Å². The van der Waals surface area contributed by atoms with Crippen LogP contribution in [0.15, 0.2) is 18.2 Å². The molecule has 1 saturated heterocycles. The third-order valence-corrected chi connectivity index (χ3v) is 6.34. The fraction of sp³-hybridized carbons (Fsp3) is 0.600. The first-order chi connectivity index (χ1) is 9.94. The van der Waals surface area contributed by atoms with Crippen LogP contribution in [0.1, 0.15) is 25.3 Å². The van der Waals surface area contributed by atoms with E-state index in [4.69, 9.17) is 11.6 Å². The summed E-state index contributed by atoms with van der Waals surface area (Å²) in [5, 5.41) is 4.21. The van der Waals surface area contributed by atoms with Crippen LogP contribution in [0.4, 0.5) is 5.69 Å². The van der Waals surface area contributed by atoms with Crippen molar-refractivity contribution in [1.29, 1.82) is 0 Å². The number of hydrogen-bond donors (Lipinski definition) is 1. The van der Waals surface area contributed by atoms with Crippen molar-refractivity contribution in [2.24, 2.45) is 0 Å². The van der Waals surface area contributed by atoms with Crippen molar-refractivity contribution >= 4 is 27.1 Å². The second-order valence-electron chi connectivity index (χ2n) is 6.09. The molecule has 6 heteroatoms. The first kappa shape index (κ1) is 15.1. The van der Waals surface area contributed by atoms with E-state index in [1.165, 1.54) is 12.8 Å². The molecule has 1 aliphatic carbocycles. The number of hydrogen-bond acceptors (Lipinski definition) is 4. The second-order valence-corrected chi connectivity index (χ2v) is 8.72. The average molecular weight is 329 g/mol. The smallest absolute Gasteiger partial charge is 0.154 e. The Balaban J connectivity index is 1.72. The zero-order chi connectivity index (χ0) is 15.0. The highest BCUT2D eigenvalue weighted by molar-refractivity contribution is 7.91. The number of benzene rings is 1. The van der Waals surface area contributed by atoms with Crippen molar-refractivity contribution in [2.45, 2.75) is 38.4 Å². The topological polar surface area (TPSA) is 49.4 Å². The molecule has 1 aromatic carbocycles. The Labute approximate surface area is 131 Å². The Morgan fingerprint density at radius 3 is 2.76 bits per heavy atom. The first-order valence-electron chi connectivity index (χ1n) is 7.43. The number of halogens is 1. The summed E-state index contributed by atoms with van der Waals surface area (Å²) in [6.45, 7) is 3.29. The molecule has 2 fully saturated rings. The van der Waals surface area contributed by atoms with E-state index in [1.807, 2.05) is 25.1 Å². The van der Waals surface area contributed by atoms with E-state index in [2.05, 4.69) is 10.2 Å². The van der Waals surface area contributed by atoms with E-state index in [0.717, 1.165) is 22.8 Å². The van der Waals surface area contributed by atoms with Crippen LogP contribution in [0.5, 0.6) is 0 Å². The summed E-state index contributed by atoms with van der Waals surface area (Å²) in [5.41, 5.74) is 2.11. The molecule has 3 rings (SSSR count). The molecule has 0 spiro atoms. The van der Waals surface area contributed by atoms with Gasteiger partial charge in [-0.1, -0.05) is 17.7 Å². The van der Waals surface area contributed by atoms with Crippen molar-refractivity contribution in [3.8, 4) is 0 Å². The SMILES string of the molecule is CC1CS(=O)(=O)CCN1c1ccc(CNC2CC2)c(Cl)c1. The largest absolute Gasteiger partial charge is 0.367 e. The van der Waals surface area contributed by atoms with E-state index < -0.39 is 9.84 Å². The molecule has 1 aliphatic heterocycles. The van der Waals surface area contributed by atoms with Gasteiger partial charge in [0.25, 0.3) is 0 Å². The van der Waals surface area contributed by atoms with Crippen LogP contribution < -0.4 is 10.2 Å². The van der Waals surface area contributed by atoms with Crippen LogP contribution in [-0.2, 0) is 16.4 Å². The summed E-state index contributed by atoms with van der Waals surface area (Å²) >= 11 is 6.37. The van der Waals surface area contributed by atoms with Gasteiger partial charge in [-0.05, 0) is 37.5 Å². The molecule has 0 aromatic heterocycles. The van der Waals surface area contributed by atoms with Crippen LogP contribution in [0.3, 0.4) is 0 Å². The number of nitrogens with zero attached hydrogens (tertiary/aromatic N) is 1. The highest BCUT2D eigenvalue weighted by Crippen LogP contribution is 2.28. The van der Waals surface area contributed by atoms with Crippen molar-refractivity contribution in [3.63, 3.8) is 0 Å². The predicted octanol–water partition coefficient (Wildman–Crippen LogP) is 2.22. The summed E-state index contributed by atoms with van der Waals surface area (Å²) in [7, 11) is -2.89. The van der Waals surface area contributed by atoms with E-state index in [1.54, 1.807) is 0 Å². The minimum Gasteiger partial charge on any atom is -0.367 e. The van der Waals surface area contributed by atoms with E-state index >= 15 is 0 Å². The zero-order valence-corrected chi connectivity index (χ0v) is 13.8. The van der Waals surface area contributed by atoms with E-state index in [-0.39, 0.29) is 17.5 Å². The lowest BCUT2D eigenvalue weighted by Crippen LogP contribution is -2.47. The fourth-order valence-electron chi connectivity index (χ4n) is 2.78. The lowest BCUT2D eigenvalue weighted by Gasteiger charge is -2.35. The van der Waals surface area contributed by atoms with Crippen molar-refractivity contribution < 1.29 is 8.42 Å². The normalized spacial score (nSPS) is 25.0. The predicted molar refractivity (Wildman–Crippen MR) is 86.8 cm³/mol. The fourth-order valence-corrected chi connectivity index (χ4v) is 4.58. The molecule has 116 valence electrons. The van der Waals surface area contributed by atoms with Gasteiger partial charge < -0.3 is 10.2 Å².